The maximum absolute atomic E-state index is 11.9. The van der Waals surface area contributed by atoms with Crippen molar-refractivity contribution < 1.29 is 14.8 Å². The highest BCUT2D eigenvalue weighted by atomic mass is 16.9. The van der Waals surface area contributed by atoms with Gasteiger partial charge < -0.3 is 14.8 Å². The predicted octanol–water partition coefficient (Wildman–Crippen LogP) is 2.01. The van der Waals surface area contributed by atoms with Gasteiger partial charge in [0.05, 0.1) is 7.11 Å². The van der Waals surface area contributed by atoms with Crippen LogP contribution in [0.2, 0.25) is 0 Å². The van der Waals surface area contributed by atoms with Crippen LogP contribution in [0.5, 0.6) is 11.5 Å². The third-order valence-electron chi connectivity index (χ3n) is 2.54. The number of benzene rings is 2. The molecule has 4 nitrogen and oxygen atoms in total. The number of hydrogen-bond acceptors (Lipinski definition) is 3. The second-order valence-corrected chi connectivity index (χ2v) is 3.93. The van der Waals surface area contributed by atoms with Gasteiger partial charge in [-0.05, 0) is 25.1 Å². The van der Waals surface area contributed by atoms with Gasteiger partial charge in [-0.15, -0.1) is 5.23 Å². The molecule has 0 aromatic heterocycles. The molecule has 0 aliphatic rings. The quantitative estimate of drug-likeness (QED) is 0.838. The fourth-order valence-electron chi connectivity index (χ4n) is 1.52. The van der Waals surface area contributed by atoms with Crippen molar-refractivity contribution in [3.8, 4) is 11.5 Å². The smallest absolute Gasteiger partial charge is 0.191 e. The molecule has 1 atom stereocenters. The molecule has 0 heterocycles. The van der Waals surface area contributed by atoms with Crippen LogP contribution in [0.4, 0.5) is 5.69 Å². The standard InChI is InChI=1S/C14H15NO3/c1-11-6-8-13(9-7-11)18-15(16)12-4-3-5-14(10-12)17-2/h3-10,15H,1-2H3. The number of methoxy groups -OCH3 is 1. The van der Waals surface area contributed by atoms with Crippen LogP contribution < -0.4 is 14.8 Å². The zero-order valence-electron chi connectivity index (χ0n) is 10.3. The molecule has 2 aromatic carbocycles. The van der Waals surface area contributed by atoms with Crippen molar-refractivity contribution in [1.29, 1.82) is 0 Å². The Kier molecular flexibility index (Phi) is 3.82. The normalized spacial score (nSPS) is 11.9. The third kappa shape index (κ3) is 3.00. The van der Waals surface area contributed by atoms with Crippen molar-refractivity contribution >= 4 is 5.69 Å². The summed E-state index contributed by atoms with van der Waals surface area (Å²) in [6.45, 7) is 1.98. The average molecular weight is 245 g/mol. The zero-order chi connectivity index (χ0) is 13.0. The number of hydrogen-bond donors (Lipinski definition) is 1. The number of ether oxygens (including phenoxy) is 1. The summed E-state index contributed by atoms with van der Waals surface area (Å²) in [4.78, 5) is 5.26. The molecule has 0 fully saturated rings. The summed E-state index contributed by atoms with van der Waals surface area (Å²) in [6, 6.07) is 14.2. The maximum Gasteiger partial charge on any atom is 0.191 e. The van der Waals surface area contributed by atoms with Crippen LogP contribution in [-0.2, 0) is 0 Å². The first-order valence-electron chi connectivity index (χ1n) is 5.62. The van der Waals surface area contributed by atoms with Gasteiger partial charge in [0.2, 0.25) is 0 Å². The first-order valence-corrected chi connectivity index (χ1v) is 5.62. The maximum atomic E-state index is 11.9. The third-order valence-corrected chi connectivity index (χ3v) is 2.54. The molecule has 0 amide bonds. The monoisotopic (exact) mass is 245 g/mol. The lowest BCUT2D eigenvalue weighted by atomic mass is 10.2. The Morgan fingerprint density at radius 2 is 1.72 bits per heavy atom. The lowest BCUT2D eigenvalue weighted by Crippen LogP contribution is -3.04. The Morgan fingerprint density at radius 1 is 1.00 bits per heavy atom. The SMILES string of the molecule is COc1cccc([NH+]([O-])Oc2ccc(C)cc2)c1. The summed E-state index contributed by atoms with van der Waals surface area (Å²) in [7, 11) is 1.56. The number of rotatable bonds is 4. The van der Waals surface area contributed by atoms with E-state index in [1.165, 1.54) is 0 Å². The molecule has 0 bridgehead atoms. The van der Waals surface area contributed by atoms with E-state index >= 15 is 0 Å². The van der Waals surface area contributed by atoms with Crippen LogP contribution >= 0.6 is 0 Å². The van der Waals surface area contributed by atoms with E-state index in [9.17, 15) is 5.21 Å². The van der Waals surface area contributed by atoms with E-state index in [1.807, 2.05) is 19.1 Å². The van der Waals surface area contributed by atoms with Crippen LogP contribution in [0.1, 0.15) is 5.56 Å². The molecule has 4 heteroatoms. The van der Waals surface area contributed by atoms with Crippen LogP contribution in [-0.4, -0.2) is 7.11 Å². The van der Waals surface area contributed by atoms with E-state index in [2.05, 4.69) is 0 Å². The molecule has 0 spiro atoms. The van der Waals surface area contributed by atoms with Gasteiger partial charge in [0, 0.05) is 12.1 Å². The van der Waals surface area contributed by atoms with E-state index in [0.717, 1.165) is 5.56 Å². The second-order valence-electron chi connectivity index (χ2n) is 3.93. The number of quaternary nitrogens is 1. The highest BCUT2D eigenvalue weighted by Crippen LogP contribution is 2.14. The minimum absolute atomic E-state index is 0.391. The molecule has 18 heavy (non-hydrogen) atoms. The predicted molar refractivity (Wildman–Crippen MR) is 68.8 cm³/mol. The van der Waals surface area contributed by atoms with Gasteiger partial charge in [0.15, 0.2) is 11.4 Å². The minimum atomic E-state index is -0.391. The van der Waals surface area contributed by atoms with Crippen LogP contribution in [0.3, 0.4) is 0 Å². The lowest BCUT2D eigenvalue weighted by Gasteiger charge is -2.20. The largest absolute Gasteiger partial charge is 0.585 e. The minimum Gasteiger partial charge on any atom is -0.585 e. The van der Waals surface area contributed by atoms with Crippen LogP contribution in [0.15, 0.2) is 48.5 Å². The molecular weight excluding hydrogens is 230 g/mol. The molecule has 0 saturated carbocycles. The van der Waals surface area contributed by atoms with E-state index < -0.39 is 5.23 Å². The van der Waals surface area contributed by atoms with Gasteiger partial charge in [0.1, 0.15) is 5.75 Å². The fourth-order valence-corrected chi connectivity index (χ4v) is 1.52. The van der Waals surface area contributed by atoms with E-state index in [1.54, 1.807) is 43.5 Å². The Morgan fingerprint density at radius 3 is 2.39 bits per heavy atom. The second kappa shape index (κ2) is 5.53. The van der Waals surface area contributed by atoms with Gasteiger partial charge in [-0.2, -0.15) is 0 Å². The lowest BCUT2D eigenvalue weighted by molar-refractivity contribution is -0.963. The van der Waals surface area contributed by atoms with Crippen LogP contribution in [0.25, 0.3) is 0 Å². The van der Waals surface area contributed by atoms with Gasteiger partial charge >= 0.3 is 0 Å². The molecule has 1 N–H and O–H groups in total. The molecule has 2 aromatic rings. The molecular formula is C14H15NO3. The van der Waals surface area contributed by atoms with E-state index in [0.29, 0.717) is 17.2 Å². The van der Waals surface area contributed by atoms with Crippen molar-refractivity contribution in [2.24, 2.45) is 0 Å². The van der Waals surface area contributed by atoms with Crippen molar-refractivity contribution in [1.82, 2.24) is 0 Å². The molecule has 0 aliphatic heterocycles. The Balaban J connectivity index is 2.11. The van der Waals surface area contributed by atoms with Crippen molar-refractivity contribution in [3.05, 3.63) is 59.3 Å². The highest BCUT2D eigenvalue weighted by Gasteiger charge is 2.06. The topological polar surface area (TPSA) is 46.0 Å². The first-order chi connectivity index (χ1) is 8.69. The van der Waals surface area contributed by atoms with E-state index in [-0.39, 0.29) is 0 Å². The van der Waals surface area contributed by atoms with Crippen LogP contribution in [0, 0.1) is 12.1 Å². The van der Waals surface area contributed by atoms with Gasteiger partial charge in [-0.25, -0.2) is 0 Å². The molecule has 0 aliphatic carbocycles. The average Bonchev–Trinajstić information content (AvgIpc) is 2.41. The summed E-state index contributed by atoms with van der Waals surface area (Å²) < 4.78 is 5.06. The molecule has 1 unspecified atom stereocenters. The van der Waals surface area contributed by atoms with Crippen molar-refractivity contribution in [2.45, 2.75) is 6.92 Å². The Labute approximate surface area is 106 Å². The summed E-state index contributed by atoms with van der Waals surface area (Å²) in [5, 5.41) is 11.5. The molecule has 0 saturated heterocycles. The number of aryl methyl sites for hydroxylation is 1. The fraction of sp³-hybridized carbons (Fsp3) is 0.143. The Bertz CT molecular complexity index is 511. The zero-order valence-corrected chi connectivity index (χ0v) is 10.3. The van der Waals surface area contributed by atoms with Gasteiger partial charge in [-0.3, -0.25) is 0 Å². The highest BCUT2D eigenvalue weighted by molar-refractivity contribution is 5.37. The summed E-state index contributed by atoms with van der Waals surface area (Å²) >= 11 is 0. The Hall–Kier alpha value is -2.04. The van der Waals surface area contributed by atoms with E-state index in [4.69, 9.17) is 9.57 Å². The number of nitrogens with one attached hydrogen (secondary N) is 1. The van der Waals surface area contributed by atoms with Crippen molar-refractivity contribution in [2.75, 3.05) is 7.11 Å². The van der Waals surface area contributed by atoms with Gasteiger partial charge in [0.25, 0.3) is 0 Å². The molecule has 0 radical (unpaired) electrons. The van der Waals surface area contributed by atoms with Gasteiger partial charge in [-0.1, -0.05) is 23.8 Å². The molecule has 2 rings (SSSR count). The summed E-state index contributed by atoms with van der Waals surface area (Å²) in [6.07, 6.45) is 0. The summed E-state index contributed by atoms with van der Waals surface area (Å²) in [5.41, 5.74) is 1.59. The molecule has 94 valence electrons. The summed E-state index contributed by atoms with van der Waals surface area (Å²) in [5.74, 6) is 1.17. The van der Waals surface area contributed by atoms with Crippen molar-refractivity contribution in [3.63, 3.8) is 0 Å². The first kappa shape index (κ1) is 12.4.